The summed E-state index contributed by atoms with van der Waals surface area (Å²) in [5, 5.41) is 0. The molecule has 5 atom stereocenters. The van der Waals surface area contributed by atoms with Gasteiger partial charge >= 0.3 is 11.9 Å². The Morgan fingerprint density at radius 1 is 1.32 bits per heavy atom. The second kappa shape index (κ2) is 5.59. The number of rotatable bonds is 5. The lowest BCUT2D eigenvalue weighted by molar-refractivity contribution is -0.150. The monoisotopic (exact) mass is 264 g/mol. The first kappa shape index (κ1) is 13.8. The average molecular weight is 264 g/mol. The van der Waals surface area contributed by atoms with Crippen molar-refractivity contribution in [3.8, 4) is 0 Å². The third-order valence-corrected chi connectivity index (χ3v) is 4.08. The summed E-state index contributed by atoms with van der Waals surface area (Å²) in [6.07, 6.45) is 6.78. The van der Waals surface area contributed by atoms with E-state index in [1.807, 2.05) is 0 Å². The Labute approximate surface area is 113 Å². The van der Waals surface area contributed by atoms with Crippen LogP contribution in [0.25, 0.3) is 0 Å². The molecule has 1 saturated carbocycles. The van der Waals surface area contributed by atoms with Crippen molar-refractivity contribution in [3.63, 3.8) is 0 Å². The first-order valence-corrected chi connectivity index (χ1v) is 6.64. The minimum atomic E-state index is -0.307. The fraction of sp³-hybridized carbons (Fsp3) is 0.600. The van der Waals surface area contributed by atoms with E-state index >= 15 is 0 Å². The highest BCUT2D eigenvalue weighted by Crippen LogP contribution is 2.50. The molecule has 2 rings (SSSR count). The topological polar surface area (TPSA) is 52.6 Å². The maximum absolute atomic E-state index is 11.2. The van der Waals surface area contributed by atoms with E-state index in [1.165, 1.54) is 13.8 Å². The van der Waals surface area contributed by atoms with Gasteiger partial charge in [0.05, 0.1) is 6.61 Å². The van der Waals surface area contributed by atoms with Gasteiger partial charge in [-0.15, -0.1) is 0 Å². The molecule has 2 aliphatic carbocycles. The molecule has 0 radical (unpaired) electrons. The van der Waals surface area contributed by atoms with Crippen LogP contribution in [0.5, 0.6) is 0 Å². The van der Waals surface area contributed by atoms with Gasteiger partial charge < -0.3 is 9.47 Å². The standard InChI is InChI=1S/C15H20O4/c1-4-14(19-10(3)17)15-12-6-5-11(7-12)13(15)8-18-9(2)16/h4-6,11-15H,1,7-8H2,2-3H3/t11-,12+,13-,14?,15+/m0/s1. The van der Waals surface area contributed by atoms with Crippen LogP contribution in [0, 0.1) is 23.7 Å². The first-order chi connectivity index (χ1) is 9.02. The zero-order valence-corrected chi connectivity index (χ0v) is 11.4. The van der Waals surface area contributed by atoms with Crippen molar-refractivity contribution in [2.24, 2.45) is 23.7 Å². The van der Waals surface area contributed by atoms with Crippen molar-refractivity contribution >= 4 is 11.9 Å². The molecular weight excluding hydrogens is 244 g/mol. The van der Waals surface area contributed by atoms with Crippen molar-refractivity contribution in [3.05, 3.63) is 24.8 Å². The lowest BCUT2D eigenvalue weighted by Gasteiger charge is -2.32. The second-order valence-corrected chi connectivity index (χ2v) is 5.30. The van der Waals surface area contributed by atoms with Crippen LogP contribution < -0.4 is 0 Å². The molecule has 19 heavy (non-hydrogen) atoms. The van der Waals surface area contributed by atoms with Crippen LogP contribution in [0.2, 0.25) is 0 Å². The van der Waals surface area contributed by atoms with E-state index < -0.39 is 0 Å². The molecule has 0 amide bonds. The number of hydrogen-bond donors (Lipinski definition) is 0. The Bertz CT molecular complexity index is 412. The molecule has 0 aromatic carbocycles. The summed E-state index contributed by atoms with van der Waals surface area (Å²) in [7, 11) is 0. The van der Waals surface area contributed by atoms with Crippen LogP contribution in [-0.4, -0.2) is 24.6 Å². The maximum Gasteiger partial charge on any atom is 0.303 e. The maximum atomic E-state index is 11.2. The minimum Gasteiger partial charge on any atom is -0.466 e. The molecule has 4 heteroatoms. The summed E-state index contributed by atoms with van der Waals surface area (Å²) in [4.78, 5) is 22.2. The molecule has 4 nitrogen and oxygen atoms in total. The van der Waals surface area contributed by atoms with Crippen molar-refractivity contribution in [1.82, 2.24) is 0 Å². The quantitative estimate of drug-likeness (QED) is 0.563. The molecule has 0 heterocycles. The SMILES string of the molecule is C=CC(OC(C)=O)[C@H]1[C@@H](COC(C)=O)[C@H]2C=C[C@@H]1C2. The fourth-order valence-corrected chi connectivity index (χ4v) is 3.37. The van der Waals surface area contributed by atoms with Gasteiger partial charge in [0.2, 0.25) is 0 Å². The van der Waals surface area contributed by atoms with Gasteiger partial charge in [0.15, 0.2) is 0 Å². The molecular formula is C15H20O4. The van der Waals surface area contributed by atoms with Crippen LogP contribution in [0.3, 0.4) is 0 Å². The molecule has 0 aliphatic heterocycles. The van der Waals surface area contributed by atoms with Gasteiger partial charge in [0.25, 0.3) is 0 Å². The van der Waals surface area contributed by atoms with E-state index in [1.54, 1.807) is 6.08 Å². The minimum absolute atomic E-state index is 0.163. The van der Waals surface area contributed by atoms with Gasteiger partial charge in [-0.2, -0.15) is 0 Å². The molecule has 1 unspecified atom stereocenters. The smallest absolute Gasteiger partial charge is 0.303 e. The highest BCUT2D eigenvalue weighted by atomic mass is 16.5. The number of fused-ring (bicyclic) bond motifs is 2. The molecule has 1 fully saturated rings. The molecule has 0 N–H and O–H groups in total. The second-order valence-electron chi connectivity index (χ2n) is 5.30. The zero-order valence-electron chi connectivity index (χ0n) is 11.4. The molecule has 0 spiro atoms. The van der Waals surface area contributed by atoms with Crippen LogP contribution in [0.1, 0.15) is 20.3 Å². The van der Waals surface area contributed by atoms with Crippen LogP contribution in [-0.2, 0) is 19.1 Å². The molecule has 0 aromatic rings. The Morgan fingerprint density at radius 2 is 2.00 bits per heavy atom. The van der Waals surface area contributed by atoms with Gasteiger partial charge in [-0.05, 0) is 18.3 Å². The Kier molecular flexibility index (Phi) is 4.08. The van der Waals surface area contributed by atoms with E-state index in [2.05, 4.69) is 18.7 Å². The molecule has 0 saturated heterocycles. The summed E-state index contributed by atoms with van der Waals surface area (Å²) in [6.45, 7) is 6.96. The normalized spacial score (nSPS) is 32.9. The Hall–Kier alpha value is -1.58. The summed E-state index contributed by atoms with van der Waals surface area (Å²) in [5.74, 6) is 0.591. The van der Waals surface area contributed by atoms with Gasteiger partial charge in [0.1, 0.15) is 6.10 Å². The lowest BCUT2D eigenvalue weighted by Crippen LogP contribution is -2.35. The summed E-state index contributed by atoms with van der Waals surface area (Å²) >= 11 is 0. The third-order valence-electron chi connectivity index (χ3n) is 4.08. The number of carbonyl (C=O) groups excluding carboxylic acids is 2. The molecule has 2 aliphatic rings. The van der Waals surface area contributed by atoms with E-state index in [4.69, 9.17) is 9.47 Å². The van der Waals surface area contributed by atoms with Gasteiger partial charge in [-0.3, -0.25) is 9.59 Å². The third kappa shape index (κ3) is 2.88. The summed E-state index contributed by atoms with van der Waals surface area (Å²) < 4.78 is 10.5. The van der Waals surface area contributed by atoms with Crippen LogP contribution >= 0.6 is 0 Å². The summed E-state index contributed by atoms with van der Waals surface area (Å²) in [5.41, 5.74) is 0. The number of ether oxygens (including phenoxy) is 2. The highest BCUT2D eigenvalue weighted by Gasteiger charge is 2.48. The van der Waals surface area contributed by atoms with Crippen molar-refractivity contribution in [2.45, 2.75) is 26.4 Å². The average Bonchev–Trinajstić information content (AvgIpc) is 2.93. The highest BCUT2D eigenvalue weighted by molar-refractivity contribution is 5.66. The van der Waals surface area contributed by atoms with E-state index in [9.17, 15) is 9.59 Å². The predicted molar refractivity (Wildman–Crippen MR) is 70.1 cm³/mol. The van der Waals surface area contributed by atoms with Gasteiger partial charge in [-0.1, -0.05) is 24.8 Å². The van der Waals surface area contributed by atoms with E-state index in [-0.39, 0.29) is 29.9 Å². The molecule has 104 valence electrons. The van der Waals surface area contributed by atoms with Crippen molar-refractivity contribution in [2.75, 3.05) is 6.61 Å². The lowest BCUT2D eigenvalue weighted by atomic mass is 9.79. The molecule has 2 bridgehead atoms. The Morgan fingerprint density at radius 3 is 2.58 bits per heavy atom. The van der Waals surface area contributed by atoms with E-state index in [0.717, 1.165) is 6.42 Å². The fourth-order valence-electron chi connectivity index (χ4n) is 3.37. The zero-order chi connectivity index (χ0) is 14.0. The Balaban J connectivity index is 2.11. The molecule has 0 aromatic heterocycles. The van der Waals surface area contributed by atoms with Gasteiger partial charge in [0, 0.05) is 25.7 Å². The number of esters is 2. The number of hydrogen-bond acceptors (Lipinski definition) is 4. The predicted octanol–water partition coefficient (Wildman–Crippen LogP) is 2.11. The number of allylic oxidation sites excluding steroid dienone is 2. The summed E-state index contributed by atoms with van der Waals surface area (Å²) in [6, 6.07) is 0. The van der Waals surface area contributed by atoms with Crippen LogP contribution in [0.4, 0.5) is 0 Å². The largest absolute Gasteiger partial charge is 0.466 e. The van der Waals surface area contributed by atoms with Crippen LogP contribution in [0.15, 0.2) is 24.8 Å². The van der Waals surface area contributed by atoms with Crippen molar-refractivity contribution < 1.29 is 19.1 Å². The number of carbonyl (C=O) groups is 2. The van der Waals surface area contributed by atoms with Crippen molar-refractivity contribution in [1.29, 1.82) is 0 Å². The van der Waals surface area contributed by atoms with E-state index in [0.29, 0.717) is 18.4 Å². The first-order valence-electron chi connectivity index (χ1n) is 6.64. The van der Waals surface area contributed by atoms with Gasteiger partial charge in [-0.25, -0.2) is 0 Å².